The second-order valence-electron chi connectivity index (χ2n) is 9.98. The molecule has 210 valence electrons. The maximum Gasteiger partial charge on any atom is 0.356 e. The first kappa shape index (κ1) is 28.2. The van der Waals surface area contributed by atoms with Crippen LogP contribution in [-0.2, 0) is 23.9 Å². The number of esters is 2. The second-order valence-corrected chi connectivity index (χ2v) is 11.1. The maximum atomic E-state index is 13.9. The topological polar surface area (TPSA) is 106 Å². The van der Waals surface area contributed by atoms with E-state index in [1.54, 1.807) is 32.2 Å². The number of aliphatic imine (C=N–C) groups is 1. The molecule has 0 bridgehead atoms. The molecule has 0 radical (unpaired) electrons. The van der Waals surface area contributed by atoms with Gasteiger partial charge in [0.15, 0.2) is 12.1 Å². The molecule has 1 fully saturated rings. The van der Waals surface area contributed by atoms with Crippen LogP contribution in [0.4, 0.5) is 0 Å². The van der Waals surface area contributed by atoms with Crippen LogP contribution in [0.2, 0.25) is 0 Å². The minimum Gasteiger partial charge on any atom is -0.507 e. The van der Waals surface area contributed by atoms with Crippen LogP contribution in [0.15, 0.2) is 89.1 Å². The van der Waals surface area contributed by atoms with E-state index in [-0.39, 0.29) is 24.0 Å². The summed E-state index contributed by atoms with van der Waals surface area (Å²) in [5.41, 5.74) is 4.38. The van der Waals surface area contributed by atoms with Crippen molar-refractivity contribution in [2.24, 2.45) is 4.99 Å². The van der Waals surface area contributed by atoms with Crippen molar-refractivity contribution >= 4 is 35.8 Å². The largest absolute Gasteiger partial charge is 0.507 e. The number of benzene rings is 3. The van der Waals surface area contributed by atoms with Gasteiger partial charge in [0.1, 0.15) is 23.4 Å². The lowest BCUT2D eigenvalue weighted by atomic mass is 10.0. The van der Waals surface area contributed by atoms with Crippen LogP contribution in [0.5, 0.6) is 5.75 Å². The molecule has 3 aromatic rings. The van der Waals surface area contributed by atoms with E-state index in [2.05, 4.69) is 4.99 Å². The number of phenolic OH excluding ortho intramolecular Hbond substituents is 1. The molecule has 2 aliphatic heterocycles. The molecule has 0 aromatic heterocycles. The number of phenols is 1. The number of ether oxygens (including phenoxy) is 2. The Labute approximate surface area is 242 Å². The van der Waals surface area contributed by atoms with Crippen LogP contribution in [0, 0.1) is 13.8 Å². The average molecular weight is 571 g/mol. The number of nitrogens with zero attached hydrogens (tertiary/aromatic N) is 2. The SMILES string of the molecule is CC(=O)OCC1=C(C(=O)OC(c2ccccc2)c2ccccc2)N2C(=O)[C@@H](N=Cc3cc(C)c(O)c(C)c3)[C@H]2SC1. The summed E-state index contributed by atoms with van der Waals surface area (Å²) in [4.78, 5) is 44.8. The molecule has 2 heterocycles. The van der Waals surface area contributed by atoms with Crippen LogP contribution in [0.25, 0.3) is 0 Å². The highest BCUT2D eigenvalue weighted by Crippen LogP contribution is 2.43. The predicted octanol–water partition coefficient (Wildman–Crippen LogP) is 4.86. The van der Waals surface area contributed by atoms with Gasteiger partial charge >= 0.3 is 11.9 Å². The molecule has 3 aromatic carbocycles. The minimum atomic E-state index is -0.702. The van der Waals surface area contributed by atoms with Gasteiger partial charge in [-0.3, -0.25) is 19.5 Å². The van der Waals surface area contributed by atoms with Gasteiger partial charge in [-0.2, -0.15) is 0 Å². The van der Waals surface area contributed by atoms with Crippen molar-refractivity contribution in [2.45, 2.75) is 38.3 Å². The lowest BCUT2D eigenvalue weighted by molar-refractivity contribution is -0.153. The van der Waals surface area contributed by atoms with E-state index in [9.17, 15) is 19.5 Å². The van der Waals surface area contributed by atoms with Gasteiger partial charge in [-0.05, 0) is 53.8 Å². The Bertz CT molecular complexity index is 1470. The van der Waals surface area contributed by atoms with E-state index in [1.807, 2.05) is 60.7 Å². The zero-order valence-corrected chi connectivity index (χ0v) is 23.8. The van der Waals surface area contributed by atoms with Crippen molar-refractivity contribution in [3.05, 3.63) is 112 Å². The highest BCUT2D eigenvalue weighted by Gasteiger charge is 2.54. The van der Waals surface area contributed by atoms with Gasteiger partial charge in [0.2, 0.25) is 0 Å². The number of aromatic hydroxyl groups is 1. The first-order valence-corrected chi connectivity index (χ1v) is 14.2. The molecule has 0 saturated carbocycles. The number of fused-ring (bicyclic) bond motifs is 1. The molecule has 0 spiro atoms. The third-order valence-corrected chi connectivity index (χ3v) is 8.31. The van der Waals surface area contributed by atoms with Gasteiger partial charge in [-0.1, -0.05) is 60.7 Å². The zero-order valence-electron chi connectivity index (χ0n) is 22.9. The molecule has 1 amide bonds. The molecular formula is C32H30N2O6S. The number of amides is 1. The molecule has 0 unspecified atom stereocenters. The van der Waals surface area contributed by atoms with E-state index in [4.69, 9.17) is 9.47 Å². The predicted molar refractivity (Wildman–Crippen MR) is 157 cm³/mol. The normalized spacial score (nSPS) is 18.3. The fraction of sp³-hybridized carbons (Fsp3) is 0.250. The number of rotatable bonds is 8. The molecule has 41 heavy (non-hydrogen) atoms. The van der Waals surface area contributed by atoms with Crippen LogP contribution < -0.4 is 0 Å². The van der Waals surface area contributed by atoms with Crippen molar-refractivity contribution in [2.75, 3.05) is 12.4 Å². The summed E-state index contributed by atoms with van der Waals surface area (Å²) in [5, 5.41) is 9.66. The van der Waals surface area contributed by atoms with Crippen molar-refractivity contribution in [3.63, 3.8) is 0 Å². The van der Waals surface area contributed by atoms with Crippen LogP contribution in [-0.4, -0.2) is 57.8 Å². The molecular weight excluding hydrogens is 540 g/mol. The number of hydrogen-bond donors (Lipinski definition) is 1. The van der Waals surface area contributed by atoms with Crippen molar-refractivity contribution in [3.8, 4) is 5.75 Å². The van der Waals surface area contributed by atoms with E-state index in [0.29, 0.717) is 11.3 Å². The molecule has 2 aliphatic rings. The Morgan fingerprint density at radius 2 is 1.63 bits per heavy atom. The minimum absolute atomic E-state index is 0.0969. The highest BCUT2D eigenvalue weighted by molar-refractivity contribution is 8.00. The third-order valence-electron chi connectivity index (χ3n) is 6.99. The Morgan fingerprint density at radius 3 is 2.20 bits per heavy atom. The summed E-state index contributed by atoms with van der Waals surface area (Å²) in [7, 11) is 0. The van der Waals surface area contributed by atoms with Crippen molar-refractivity contribution in [1.29, 1.82) is 0 Å². The smallest absolute Gasteiger partial charge is 0.356 e. The number of thioether (sulfide) groups is 1. The molecule has 8 nitrogen and oxygen atoms in total. The number of β-lactam (4-membered cyclic amide) rings is 1. The van der Waals surface area contributed by atoms with Gasteiger partial charge in [0.05, 0.1) is 0 Å². The summed E-state index contributed by atoms with van der Waals surface area (Å²) < 4.78 is 11.3. The average Bonchev–Trinajstić information content (AvgIpc) is 2.97. The van der Waals surface area contributed by atoms with Gasteiger partial charge in [-0.15, -0.1) is 11.8 Å². The van der Waals surface area contributed by atoms with E-state index < -0.39 is 29.5 Å². The molecule has 0 aliphatic carbocycles. The first-order chi connectivity index (χ1) is 19.7. The first-order valence-electron chi connectivity index (χ1n) is 13.2. The zero-order chi connectivity index (χ0) is 29.1. The Balaban J connectivity index is 1.44. The number of aryl methyl sites for hydroxylation is 2. The van der Waals surface area contributed by atoms with E-state index >= 15 is 0 Å². The molecule has 9 heteroatoms. The van der Waals surface area contributed by atoms with Crippen LogP contribution in [0.1, 0.15) is 40.8 Å². The van der Waals surface area contributed by atoms with Crippen molar-refractivity contribution < 1.29 is 29.0 Å². The maximum absolute atomic E-state index is 13.9. The lowest BCUT2D eigenvalue weighted by Crippen LogP contribution is -2.64. The highest BCUT2D eigenvalue weighted by atomic mass is 32.2. The van der Waals surface area contributed by atoms with E-state index in [1.165, 1.54) is 23.6 Å². The molecule has 5 rings (SSSR count). The van der Waals surface area contributed by atoms with Gasteiger partial charge in [-0.25, -0.2) is 4.79 Å². The van der Waals surface area contributed by atoms with Gasteiger partial charge in [0.25, 0.3) is 5.91 Å². The molecule has 1 saturated heterocycles. The third kappa shape index (κ3) is 5.90. The Hall–Kier alpha value is -4.37. The second kappa shape index (κ2) is 12.0. The van der Waals surface area contributed by atoms with Crippen LogP contribution >= 0.6 is 11.8 Å². The Kier molecular flexibility index (Phi) is 8.26. The standard InChI is InChI=1S/C32H30N2O6S/c1-19-14-22(15-20(2)28(19)36)16-33-26-30(37)34-27(25(17-39-21(3)35)18-41-31(26)34)32(38)40-29(23-10-6-4-7-11-23)24-12-8-5-9-13-24/h4-16,26,29,31,36H,17-18H2,1-3H3/t26-,31-/m1/s1. The summed E-state index contributed by atoms with van der Waals surface area (Å²) in [5.74, 6) is -0.893. The number of carbonyl (C=O) groups is 3. The summed E-state index contributed by atoms with van der Waals surface area (Å²) in [6, 6.07) is 21.7. The summed E-state index contributed by atoms with van der Waals surface area (Å²) in [6.07, 6.45) is 0.920. The fourth-order valence-corrected chi connectivity index (χ4v) is 6.25. The summed E-state index contributed by atoms with van der Waals surface area (Å²) in [6.45, 7) is 4.78. The quantitative estimate of drug-likeness (QED) is 0.234. The molecule has 2 atom stereocenters. The lowest BCUT2D eigenvalue weighted by Gasteiger charge is -2.48. The number of hydrogen-bond acceptors (Lipinski definition) is 8. The fourth-order valence-electron chi connectivity index (χ4n) is 4.93. The molecule has 1 N–H and O–H groups in total. The summed E-state index contributed by atoms with van der Waals surface area (Å²) >= 11 is 1.46. The monoisotopic (exact) mass is 570 g/mol. The van der Waals surface area contributed by atoms with Gasteiger partial charge in [0, 0.05) is 24.5 Å². The van der Waals surface area contributed by atoms with Gasteiger partial charge < -0.3 is 14.6 Å². The van der Waals surface area contributed by atoms with E-state index in [0.717, 1.165) is 27.8 Å². The Morgan fingerprint density at radius 1 is 1.05 bits per heavy atom. The van der Waals surface area contributed by atoms with Crippen LogP contribution in [0.3, 0.4) is 0 Å². The van der Waals surface area contributed by atoms with Crippen molar-refractivity contribution in [1.82, 2.24) is 4.90 Å². The number of carbonyl (C=O) groups excluding carboxylic acids is 3.